The molecule has 14 heavy (non-hydrogen) atoms. The normalized spacial score (nSPS) is 9.86. The minimum Gasteiger partial charge on any atom is -0.352 e. The van der Waals surface area contributed by atoms with E-state index in [1.54, 1.807) is 0 Å². The maximum Gasteiger partial charge on any atom is 0.252 e. The molecular formula is C10H11I2NO. The van der Waals surface area contributed by atoms with Gasteiger partial charge in [0.1, 0.15) is 0 Å². The second-order valence-corrected chi connectivity index (χ2v) is 5.02. The molecule has 76 valence electrons. The maximum absolute atomic E-state index is 11.6. The molecule has 0 saturated carbocycles. The summed E-state index contributed by atoms with van der Waals surface area (Å²) in [5.41, 5.74) is 0.765. The fourth-order valence-corrected chi connectivity index (χ4v) is 2.02. The van der Waals surface area contributed by atoms with Crippen LogP contribution in [0.3, 0.4) is 0 Å². The number of amides is 1. The second kappa shape index (κ2) is 6.60. The molecule has 0 aliphatic carbocycles. The smallest absolute Gasteiger partial charge is 0.252 e. The summed E-state index contributed by atoms with van der Waals surface area (Å²) in [7, 11) is 0. The number of nitrogens with one attached hydrogen (secondary N) is 1. The van der Waals surface area contributed by atoms with E-state index in [1.807, 2.05) is 24.3 Å². The van der Waals surface area contributed by atoms with Gasteiger partial charge in [0.25, 0.3) is 5.91 Å². The van der Waals surface area contributed by atoms with Gasteiger partial charge in [0, 0.05) is 14.5 Å². The number of rotatable bonds is 4. The molecule has 1 aromatic rings. The molecule has 1 rings (SSSR count). The van der Waals surface area contributed by atoms with Gasteiger partial charge in [-0.25, -0.2) is 0 Å². The molecule has 0 spiro atoms. The van der Waals surface area contributed by atoms with E-state index in [-0.39, 0.29) is 5.91 Å². The lowest BCUT2D eigenvalue weighted by Gasteiger charge is -2.05. The molecule has 0 aliphatic rings. The van der Waals surface area contributed by atoms with Crippen LogP contribution < -0.4 is 5.32 Å². The van der Waals surface area contributed by atoms with Crippen molar-refractivity contribution in [2.24, 2.45) is 0 Å². The van der Waals surface area contributed by atoms with Crippen molar-refractivity contribution >= 4 is 51.1 Å². The highest BCUT2D eigenvalue weighted by Crippen LogP contribution is 2.10. The zero-order valence-electron chi connectivity index (χ0n) is 7.59. The molecule has 0 unspecified atom stereocenters. The first kappa shape index (κ1) is 12.2. The molecule has 0 fully saturated rings. The van der Waals surface area contributed by atoms with E-state index in [0.29, 0.717) is 0 Å². The van der Waals surface area contributed by atoms with Gasteiger partial charge in [-0.05, 0) is 41.1 Å². The third-order valence-corrected chi connectivity index (χ3v) is 3.42. The highest BCUT2D eigenvalue weighted by Gasteiger charge is 2.07. The van der Waals surface area contributed by atoms with Gasteiger partial charge in [-0.1, -0.05) is 34.7 Å². The van der Waals surface area contributed by atoms with Gasteiger partial charge in [-0.2, -0.15) is 0 Å². The van der Waals surface area contributed by atoms with E-state index in [0.717, 1.165) is 26.5 Å². The van der Waals surface area contributed by atoms with Crippen molar-refractivity contribution in [3.63, 3.8) is 0 Å². The van der Waals surface area contributed by atoms with Crippen LogP contribution in [-0.4, -0.2) is 16.9 Å². The van der Waals surface area contributed by atoms with Crippen molar-refractivity contribution in [3.05, 3.63) is 33.4 Å². The number of hydrogen-bond acceptors (Lipinski definition) is 1. The predicted octanol–water partition coefficient (Wildman–Crippen LogP) is 2.85. The lowest BCUT2D eigenvalue weighted by molar-refractivity contribution is 0.0953. The Bertz CT molecular complexity index is 315. The van der Waals surface area contributed by atoms with E-state index in [1.165, 1.54) is 0 Å². The van der Waals surface area contributed by atoms with Crippen molar-refractivity contribution in [2.75, 3.05) is 11.0 Å². The topological polar surface area (TPSA) is 29.1 Å². The van der Waals surface area contributed by atoms with E-state index in [2.05, 4.69) is 50.5 Å². The zero-order chi connectivity index (χ0) is 10.4. The lowest BCUT2D eigenvalue weighted by atomic mass is 10.2. The molecule has 0 radical (unpaired) electrons. The van der Waals surface area contributed by atoms with Crippen LogP contribution in [0, 0.1) is 3.57 Å². The third-order valence-electron chi connectivity index (χ3n) is 1.71. The van der Waals surface area contributed by atoms with Crippen molar-refractivity contribution in [1.82, 2.24) is 5.32 Å². The van der Waals surface area contributed by atoms with Gasteiger partial charge in [-0.15, -0.1) is 0 Å². The zero-order valence-corrected chi connectivity index (χ0v) is 11.9. The number of halogens is 2. The van der Waals surface area contributed by atoms with Crippen molar-refractivity contribution in [2.45, 2.75) is 6.42 Å². The lowest BCUT2D eigenvalue weighted by Crippen LogP contribution is -2.25. The number of alkyl halides is 1. The summed E-state index contributed by atoms with van der Waals surface area (Å²) in [6, 6.07) is 7.60. The number of carbonyl (C=O) groups is 1. The molecule has 0 atom stereocenters. The van der Waals surface area contributed by atoms with Gasteiger partial charge in [0.05, 0.1) is 5.56 Å². The minimum absolute atomic E-state index is 0.0276. The minimum atomic E-state index is 0.0276. The Balaban J connectivity index is 2.56. The Morgan fingerprint density at radius 2 is 2.07 bits per heavy atom. The standard InChI is InChI=1S/C10H11I2NO/c11-6-3-7-13-10(14)8-4-1-2-5-9(8)12/h1-2,4-5H,3,6-7H2,(H,13,14). The Kier molecular flexibility index (Phi) is 5.76. The largest absolute Gasteiger partial charge is 0.352 e. The summed E-state index contributed by atoms with van der Waals surface area (Å²) in [6.45, 7) is 0.757. The number of benzene rings is 1. The van der Waals surface area contributed by atoms with Crippen LogP contribution in [0.15, 0.2) is 24.3 Å². The van der Waals surface area contributed by atoms with Crippen molar-refractivity contribution in [3.8, 4) is 0 Å². The number of carbonyl (C=O) groups excluding carboxylic acids is 1. The summed E-state index contributed by atoms with van der Waals surface area (Å²) >= 11 is 4.48. The van der Waals surface area contributed by atoms with Gasteiger partial charge in [0.2, 0.25) is 0 Å². The predicted molar refractivity (Wildman–Crippen MR) is 75.0 cm³/mol. The molecule has 1 aromatic carbocycles. The molecule has 0 saturated heterocycles. The van der Waals surface area contributed by atoms with E-state index >= 15 is 0 Å². The van der Waals surface area contributed by atoms with Crippen LogP contribution in [-0.2, 0) is 0 Å². The first-order chi connectivity index (χ1) is 6.75. The van der Waals surface area contributed by atoms with Crippen molar-refractivity contribution in [1.29, 1.82) is 0 Å². The van der Waals surface area contributed by atoms with Crippen LogP contribution in [0.1, 0.15) is 16.8 Å². The van der Waals surface area contributed by atoms with Crippen LogP contribution in [0.5, 0.6) is 0 Å². The highest BCUT2D eigenvalue weighted by molar-refractivity contribution is 14.1. The quantitative estimate of drug-likeness (QED) is 0.458. The average Bonchev–Trinajstić information content (AvgIpc) is 2.18. The highest BCUT2D eigenvalue weighted by atomic mass is 127. The van der Waals surface area contributed by atoms with Gasteiger partial charge < -0.3 is 5.32 Å². The van der Waals surface area contributed by atoms with Gasteiger partial charge in [-0.3, -0.25) is 4.79 Å². The summed E-state index contributed by atoms with van der Waals surface area (Å²) in [5, 5.41) is 2.89. The third kappa shape index (κ3) is 3.72. The molecule has 0 aliphatic heterocycles. The number of hydrogen-bond donors (Lipinski definition) is 1. The Morgan fingerprint density at radius 3 is 2.71 bits per heavy atom. The molecule has 0 heterocycles. The molecule has 4 heteroatoms. The monoisotopic (exact) mass is 415 g/mol. The summed E-state index contributed by atoms with van der Waals surface area (Å²) in [5.74, 6) is 0.0276. The van der Waals surface area contributed by atoms with E-state index < -0.39 is 0 Å². The Labute approximate surface area is 111 Å². The summed E-state index contributed by atoms with van der Waals surface area (Å²) in [4.78, 5) is 11.6. The van der Waals surface area contributed by atoms with E-state index in [4.69, 9.17) is 0 Å². The first-order valence-corrected chi connectivity index (χ1v) is 6.95. The van der Waals surface area contributed by atoms with Crippen LogP contribution in [0.25, 0.3) is 0 Å². The van der Waals surface area contributed by atoms with Crippen LogP contribution in [0.2, 0.25) is 0 Å². The fraction of sp³-hybridized carbons (Fsp3) is 0.300. The molecule has 0 bridgehead atoms. The van der Waals surface area contributed by atoms with Crippen LogP contribution in [0.4, 0.5) is 0 Å². The van der Waals surface area contributed by atoms with Gasteiger partial charge >= 0.3 is 0 Å². The molecule has 1 amide bonds. The van der Waals surface area contributed by atoms with Crippen molar-refractivity contribution < 1.29 is 4.79 Å². The summed E-state index contributed by atoms with van der Waals surface area (Å²) in [6.07, 6.45) is 1.02. The molecular weight excluding hydrogens is 404 g/mol. The molecule has 1 N–H and O–H groups in total. The maximum atomic E-state index is 11.6. The van der Waals surface area contributed by atoms with Gasteiger partial charge in [0.15, 0.2) is 0 Å². The average molecular weight is 415 g/mol. The van der Waals surface area contributed by atoms with Crippen LogP contribution >= 0.6 is 45.2 Å². The molecule has 0 aromatic heterocycles. The summed E-state index contributed by atoms with van der Waals surface area (Å²) < 4.78 is 2.07. The second-order valence-electron chi connectivity index (χ2n) is 2.78. The fourth-order valence-electron chi connectivity index (χ4n) is 1.01. The van der Waals surface area contributed by atoms with E-state index in [9.17, 15) is 4.79 Å². The Hall–Kier alpha value is 0.150. The Morgan fingerprint density at radius 1 is 1.36 bits per heavy atom. The SMILES string of the molecule is O=C(NCCCI)c1ccccc1I. The molecule has 2 nitrogen and oxygen atoms in total. The first-order valence-electron chi connectivity index (χ1n) is 4.34.